The Kier molecular flexibility index (Phi) is 3.27. The predicted molar refractivity (Wildman–Crippen MR) is 104 cm³/mol. The molecule has 2 heteroatoms. The first-order valence-corrected chi connectivity index (χ1v) is 9.31. The Morgan fingerprint density at radius 1 is 0.875 bits per heavy atom. The van der Waals surface area contributed by atoms with E-state index in [1.807, 2.05) is 0 Å². The summed E-state index contributed by atoms with van der Waals surface area (Å²) >= 11 is 3.76. The second-order valence-electron chi connectivity index (χ2n) is 6.75. The maximum Gasteiger partial charge on any atom is 0.0565 e. The molecule has 0 amide bonds. The van der Waals surface area contributed by atoms with Gasteiger partial charge in [-0.3, -0.25) is 0 Å². The summed E-state index contributed by atoms with van der Waals surface area (Å²) in [6.07, 6.45) is 5.89. The van der Waals surface area contributed by atoms with Crippen molar-refractivity contribution in [2.75, 3.05) is 5.32 Å². The van der Waals surface area contributed by atoms with Crippen molar-refractivity contribution in [3.05, 3.63) is 88.4 Å². The highest BCUT2D eigenvalue weighted by molar-refractivity contribution is 9.10. The topological polar surface area (TPSA) is 12.0 Å². The average Bonchev–Trinajstić information content (AvgIpc) is 3.11. The summed E-state index contributed by atoms with van der Waals surface area (Å²) in [5, 5.41) is 6.52. The Hall–Kier alpha value is -2.06. The molecule has 0 saturated heterocycles. The van der Waals surface area contributed by atoms with Crippen LogP contribution >= 0.6 is 15.9 Å². The fraction of sp³-hybridized carbons (Fsp3) is 0.182. The van der Waals surface area contributed by atoms with Gasteiger partial charge in [-0.2, -0.15) is 0 Å². The van der Waals surface area contributed by atoms with Crippen molar-refractivity contribution in [2.24, 2.45) is 5.92 Å². The lowest BCUT2D eigenvalue weighted by Crippen LogP contribution is -2.29. The van der Waals surface area contributed by atoms with E-state index in [9.17, 15) is 0 Å². The van der Waals surface area contributed by atoms with E-state index in [1.165, 1.54) is 32.1 Å². The average molecular weight is 376 g/mol. The molecule has 0 unspecified atom stereocenters. The van der Waals surface area contributed by atoms with E-state index in [1.54, 1.807) is 0 Å². The van der Waals surface area contributed by atoms with Crippen molar-refractivity contribution in [1.29, 1.82) is 0 Å². The first-order valence-electron chi connectivity index (χ1n) is 8.52. The lowest BCUT2D eigenvalue weighted by Gasteiger charge is -2.38. The number of hydrogen-bond donors (Lipinski definition) is 1. The third-order valence-electron chi connectivity index (χ3n) is 5.50. The number of hydrogen-bond acceptors (Lipinski definition) is 1. The lowest BCUT2D eigenvalue weighted by atomic mass is 9.76. The monoisotopic (exact) mass is 375 g/mol. The third kappa shape index (κ3) is 2.06. The summed E-state index contributed by atoms with van der Waals surface area (Å²) in [4.78, 5) is 0. The van der Waals surface area contributed by atoms with Crippen molar-refractivity contribution in [2.45, 2.75) is 18.4 Å². The number of allylic oxidation sites excluding steroid dienone is 2. The van der Waals surface area contributed by atoms with Gasteiger partial charge in [-0.05, 0) is 34.9 Å². The minimum absolute atomic E-state index is 0.332. The fourth-order valence-electron chi connectivity index (χ4n) is 4.37. The van der Waals surface area contributed by atoms with Gasteiger partial charge in [0.15, 0.2) is 0 Å². The van der Waals surface area contributed by atoms with Crippen LogP contribution in [0.25, 0.3) is 10.8 Å². The molecule has 1 aliphatic carbocycles. The predicted octanol–water partition coefficient (Wildman–Crippen LogP) is 6.43. The van der Waals surface area contributed by atoms with Crippen LogP contribution < -0.4 is 5.32 Å². The van der Waals surface area contributed by atoms with Crippen molar-refractivity contribution in [1.82, 2.24) is 0 Å². The van der Waals surface area contributed by atoms with Gasteiger partial charge in [-0.1, -0.05) is 82.7 Å². The highest BCUT2D eigenvalue weighted by atomic mass is 79.9. The largest absolute Gasteiger partial charge is 0.377 e. The second-order valence-corrected chi connectivity index (χ2v) is 7.60. The number of halogens is 1. The van der Waals surface area contributed by atoms with Gasteiger partial charge in [0.05, 0.1) is 6.04 Å². The first-order chi connectivity index (χ1) is 11.8. The summed E-state index contributed by atoms with van der Waals surface area (Å²) < 4.78 is 1.19. The van der Waals surface area contributed by atoms with Crippen molar-refractivity contribution < 1.29 is 0 Å². The highest BCUT2D eigenvalue weighted by Crippen LogP contribution is 2.52. The SMILES string of the molecule is Brc1ccccc1[C@@H]1Nc2c(ccc3ccccc23)[C@@H]2C=CC[C@@H]21. The van der Waals surface area contributed by atoms with Crippen LogP contribution in [0.5, 0.6) is 0 Å². The number of rotatable bonds is 1. The Balaban J connectivity index is 1.72. The van der Waals surface area contributed by atoms with E-state index >= 15 is 0 Å². The number of fused-ring (bicyclic) bond motifs is 5. The zero-order valence-corrected chi connectivity index (χ0v) is 14.8. The summed E-state index contributed by atoms with van der Waals surface area (Å²) in [5.74, 6) is 1.08. The smallest absolute Gasteiger partial charge is 0.0565 e. The van der Waals surface area contributed by atoms with E-state index in [0.29, 0.717) is 17.9 Å². The van der Waals surface area contributed by atoms with Crippen LogP contribution in [-0.4, -0.2) is 0 Å². The Bertz CT molecular complexity index is 959. The molecule has 0 saturated carbocycles. The van der Waals surface area contributed by atoms with Gasteiger partial charge in [0.2, 0.25) is 0 Å². The maximum absolute atomic E-state index is 3.90. The molecule has 2 aliphatic rings. The van der Waals surface area contributed by atoms with Gasteiger partial charge in [0.1, 0.15) is 0 Å². The molecule has 3 atom stereocenters. The standard InChI is InChI=1S/C22H18BrN/c23-20-11-4-3-8-19(20)22-17-10-5-9-16(17)18-13-12-14-6-1-2-7-15(14)21(18)24-22/h1-9,11-13,16-17,22,24H,10H2/t16-,17+,22-/m1/s1. The maximum atomic E-state index is 3.90. The van der Waals surface area contributed by atoms with Gasteiger partial charge in [-0.15, -0.1) is 0 Å². The zero-order chi connectivity index (χ0) is 16.1. The highest BCUT2D eigenvalue weighted by Gasteiger charge is 2.38. The molecule has 118 valence electrons. The zero-order valence-electron chi connectivity index (χ0n) is 13.2. The van der Waals surface area contributed by atoms with Crippen LogP contribution in [0, 0.1) is 5.92 Å². The number of nitrogens with one attached hydrogen (secondary N) is 1. The molecule has 0 bridgehead atoms. The van der Waals surface area contributed by atoms with Crippen molar-refractivity contribution in [3.8, 4) is 0 Å². The Labute approximate surface area is 150 Å². The van der Waals surface area contributed by atoms with Gasteiger partial charge in [0, 0.05) is 21.5 Å². The molecule has 0 radical (unpaired) electrons. The van der Waals surface area contributed by atoms with Gasteiger partial charge in [-0.25, -0.2) is 0 Å². The molecular weight excluding hydrogens is 358 g/mol. The summed E-state index contributed by atoms with van der Waals surface area (Å²) in [5.41, 5.74) is 4.10. The van der Waals surface area contributed by atoms with Gasteiger partial charge in [0.25, 0.3) is 0 Å². The van der Waals surface area contributed by atoms with Crippen LogP contribution in [0.1, 0.15) is 29.5 Å². The third-order valence-corrected chi connectivity index (χ3v) is 6.22. The quantitative estimate of drug-likeness (QED) is 0.483. The van der Waals surface area contributed by atoms with E-state index in [0.717, 1.165) is 6.42 Å². The molecule has 3 aromatic rings. The molecule has 24 heavy (non-hydrogen) atoms. The van der Waals surface area contributed by atoms with Crippen LogP contribution in [0.3, 0.4) is 0 Å². The normalized spacial score (nSPS) is 24.5. The van der Waals surface area contributed by atoms with Crippen molar-refractivity contribution >= 4 is 32.4 Å². The van der Waals surface area contributed by atoms with E-state index in [4.69, 9.17) is 0 Å². The molecular formula is C22H18BrN. The fourth-order valence-corrected chi connectivity index (χ4v) is 4.91. The van der Waals surface area contributed by atoms with E-state index in [-0.39, 0.29) is 0 Å². The summed E-state index contributed by atoms with van der Waals surface area (Å²) in [6.45, 7) is 0. The van der Waals surface area contributed by atoms with E-state index < -0.39 is 0 Å². The number of anilines is 1. The van der Waals surface area contributed by atoms with Gasteiger partial charge < -0.3 is 5.32 Å². The van der Waals surface area contributed by atoms with Crippen LogP contribution in [0.15, 0.2) is 77.3 Å². The van der Waals surface area contributed by atoms with Crippen molar-refractivity contribution in [3.63, 3.8) is 0 Å². The Morgan fingerprint density at radius 2 is 1.71 bits per heavy atom. The van der Waals surface area contributed by atoms with Crippen LogP contribution in [-0.2, 0) is 0 Å². The second kappa shape index (κ2) is 5.49. The van der Waals surface area contributed by atoms with E-state index in [2.05, 4.69) is 94.1 Å². The van der Waals surface area contributed by atoms with Crippen LogP contribution in [0.4, 0.5) is 5.69 Å². The first kappa shape index (κ1) is 14.3. The molecule has 1 heterocycles. The van der Waals surface area contributed by atoms with Gasteiger partial charge >= 0.3 is 0 Å². The molecule has 3 aromatic carbocycles. The molecule has 0 fully saturated rings. The summed E-state index contributed by atoms with van der Waals surface area (Å²) in [6, 6.07) is 22.2. The number of benzene rings is 3. The molecule has 1 N–H and O–H groups in total. The summed E-state index contributed by atoms with van der Waals surface area (Å²) in [7, 11) is 0. The minimum Gasteiger partial charge on any atom is -0.377 e. The molecule has 1 nitrogen and oxygen atoms in total. The van der Waals surface area contributed by atoms with Crippen LogP contribution in [0.2, 0.25) is 0 Å². The Morgan fingerprint density at radius 3 is 2.62 bits per heavy atom. The molecule has 0 spiro atoms. The lowest BCUT2D eigenvalue weighted by molar-refractivity contribution is 0.425. The molecule has 5 rings (SSSR count). The minimum atomic E-state index is 0.332. The molecule has 1 aliphatic heterocycles. The molecule has 0 aromatic heterocycles.